The van der Waals surface area contributed by atoms with Crippen molar-refractivity contribution in [1.82, 2.24) is 4.90 Å². The fourth-order valence-electron chi connectivity index (χ4n) is 2.14. The van der Waals surface area contributed by atoms with Crippen molar-refractivity contribution in [2.75, 3.05) is 26.2 Å². The molecular formula is C14H18F2INO. The molecular weight excluding hydrogens is 363 g/mol. The Balaban J connectivity index is 1.64. The summed E-state index contributed by atoms with van der Waals surface area (Å²) < 4.78 is 32.7. The molecule has 0 radical (unpaired) electrons. The fraction of sp³-hybridized carbons (Fsp3) is 0.571. The van der Waals surface area contributed by atoms with Gasteiger partial charge in [0, 0.05) is 32.5 Å². The molecule has 0 bridgehead atoms. The first-order valence-corrected chi connectivity index (χ1v) is 7.62. The van der Waals surface area contributed by atoms with Crippen molar-refractivity contribution in [3.63, 3.8) is 0 Å². The maximum absolute atomic E-state index is 13.0. The van der Waals surface area contributed by atoms with E-state index in [2.05, 4.69) is 27.5 Å². The van der Waals surface area contributed by atoms with Gasteiger partial charge in [-0.05, 0) is 41.1 Å². The van der Waals surface area contributed by atoms with Crippen LogP contribution in [-0.4, -0.2) is 37.1 Å². The Morgan fingerprint density at radius 2 is 1.89 bits per heavy atom. The summed E-state index contributed by atoms with van der Waals surface area (Å²) in [6, 6.07) is 7.87. The summed E-state index contributed by atoms with van der Waals surface area (Å²) in [6.45, 7) is 2.46. The van der Waals surface area contributed by atoms with E-state index in [1.165, 1.54) is 0 Å². The third-order valence-electron chi connectivity index (χ3n) is 3.30. The Morgan fingerprint density at radius 3 is 2.58 bits per heavy atom. The maximum atomic E-state index is 13.0. The molecule has 1 heterocycles. The highest BCUT2D eigenvalue weighted by Crippen LogP contribution is 2.27. The van der Waals surface area contributed by atoms with Crippen LogP contribution in [0.15, 0.2) is 24.3 Å². The number of hydrogen-bond donors (Lipinski definition) is 0. The highest BCUT2D eigenvalue weighted by atomic mass is 127. The first-order valence-electron chi connectivity index (χ1n) is 6.54. The second-order valence-electron chi connectivity index (χ2n) is 4.83. The second kappa shape index (κ2) is 6.83. The summed E-state index contributed by atoms with van der Waals surface area (Å²) in [5.74, 6) is -1.55. The van der Waals surface area contributed by atoms with Crippen LogP contribution in [0.3, 0.4) is 0 Å². The maximum Gasteiger partial charge on any atom is 0.250 e. The van der Waals surface area contributed by atoms with Gasteiger partial charge in [-0.15, -0.1) is 0 Å². The predicted octanol–water partition coefficient (Wildman–Crippen LogP) is 3.79. The van der Waals surface area contributed by atoms with Crippen molar-refractivity contribution in [2.45, 2.75) is 25.2 Å². The van der Waals surface area contributed by atoms with Gasteiger partial charge in [0.25, 0.3) is 5.92 Å². The highest BCUT2D eigenvalue weighted by Gasteiger charge is 2.33. The Morgan fingerprint density at radius 1 is 1.21 bits per heavy atom. The number of ether oxygens (including phenoxy) is 1. The number of halogens is 3. The molecule has 1 aromatic carbocycles. The lowest BCUT2D eigenvalue weighted by Crippen LogP contribution is -2.40. The first kappa shape index (κ1) is 15.0. The van der Waals surface area contributed by atoms with Gasteiger partial charge in [-0.25, -0.2) is 8.78 Å². The minimum atomic E-state index is -2.45. The van der Waals surface area contributed by atoms with E-state index in [0.29, 0.717) is 19.7 Å². The van der Waals surface area contributed by atoms with E-state index in [1.54, 1.807) is 0 Å². The number of likely N-dealkylation sites (tertiary alicyclic amines) is 1. The molecule has 1 fully saturated rings. The average Bonchev–Trinajstić information content (AvgIpc) is 2.38. The molecule has 0 unspecified atom stereocenters. The Kier molecular flexibility index (Phi) is 5.38. The fourth-order valence-corrected chi connectivity index (χ4v) is 2.68. The van der Waals surface area contributed by atoms with Crippen molar-refractivity contribution in [2.24, 2.45) is 0 Å². The predicted molar refractivity (Wildman–Crippen MR) is 79.9 cm³/mol. The monoisotopic (exact) mass is 381 g/mol. The third-order valence-corrected chi connectivity index (χ3v) is 4.19. The van der Waals surface area contributed by atoms with E-state index in [0.717, 1.165) is 22.3 Å². The molecule has 0 amide bonds. The molecule has 2 rings (SSSR count). The van der Waals surface area contributed by atoms with Gasteiger partial charge in [-0.1, -0.05) is 12.1 Å². The van der Waals surface area contributed by atoms with Crippen LogP contribution >= 0.6 is 22.6 Å². The molecule has 106 valence electrons. The third kappa shape index (κ3) is 4.87. The molecule has 0 aromatic heterocycles. The van der Waals surface area contributed by atoms with Crippen LogP contribution in [0.1, 0.15) is 19.3 Å². The summed E-state index contributed by atoms with van der Waals surface area (Å²) in [4.78, 5) is 2.09. The van der Waals surface area contributed by atoms with Gasteiger partial charge in [0.15, 0.2) is 0 Å². The molecule has 5 heteroatoms. The number of piperidine rings is 1. The smallest absolute Gasteiger partial charge is 0.250 e. The van der Waals surface area contributed by atoms with Crippen LogP contribution in [0.25, 0.3) is 0 Å². The zero-order valence-corrected chi connectivity index (χ0v) is 12.9. The summed E-state index contributed by atoms with van der Waals surface area (Å²) in [6.07, 6.45) is 0.853. The number of para-hydroxylation sites is 1. The van der Waals surface area contributed by atoms with Crippen LogP contribution in [0.5, 0.6) is 5.75 Å². The van der Waals surface area contributed by atoms with Gasteiger partial charge < -0.3 is 9.64 Å². The molecule has 0 N–H and O–H groups in total. The van der Waals surface area contributed by atoms with Crippen LogP contribution < -0.4 is 4.74 Å². The Bertz CT molecular complexity index is 404. The van der Waals surface area contributed by atoms with Gasteiger partial charge >= 0.3 is 0 Å². The van der Waals surface area contributed by atoms with E-state index >= 15 is 0 Å². The Labute approximate surface area is 126 Å². The van der Waals surface area contributed by atoms with Gasteiger partial charge in [0.1, 0.15) is 5.75 Å². The lowest BCUT2D eigenvalue weighted by atomic mass is 10.1. The number of benzene rings is 1. The zero-order chi connectivity index (χ0) is 13.7. The molecule has 1 aliphatic heterocycles. The molecule has 1 saturated heterocycles. The number of nitrogens with zero attached hydrogens (tertiary/aromatic N) is 1. The standard InChI is InChI=1S/C14H18F2INO/c15-14(16)6-9-18(10-7-14)8-3-11-19-13-5-2-1-4-12(13)17/h1-2,4-5H,3,6-11H2. The topological polar surface area (TPSA) is 12.5 Å². The number of alkyl halides is 2. The first-order chi connectivity index (χ1) is 9.07. The van der Waals surface area contributed by atoms with E-state index in [-0.39, 0.29) is 12.8 Å². The van der Waals surface area contributed by atoms with Crippen LogP contribution in [0, 0.1) is 3.57 Å². The SMILES string of the molecule is FC1(F)CCN(CCCOc2ccccc2I)CC1. The molecule has 1 aromatic rings. The van der Waals surface area contributed by atoms with Crippen LogP contribution in [0.4, 0.5) is 8.78 Å². The van der Waals surface area contributed by atoms with E-state index in [9.17, 15) is 8.78 Å². The largest absolute Gasteiger partial charge is 0.492 e. The van der Waals surface area contributed by atoms with Crippen molar-refractivity contribution < 1.29 is 13.5 Å². The molecule has 0 spiro atoms. The number of hydrogen-bond acceptors (Lipinski definition) is 2. The van der Waals surface area contributed by atoms with E-state index < -0.39 is 5.92 Å². The van der Waals surface area contributed by atoms with Crippen molar-refractivity contribution in [3.05, 3.63) is 27.8 Å². The van der Waals surface area contributed by atoms with E-state index in [1.807, 2.05) is 24.3 Å². The van der Waals surface area contributed by atoms with E-state index in [4.69, 9.17) is 4.74 Å². The minimum Gasteiger partial charge on any atom is -0.492 e. The van der Waals surface area contributed by atoms with Gasteiger partial charge in [0.2, 0.25) is 0 Å². The quantitative estimate of drug-likeness (QED) is 0.569. The van der Waals surface area contributed by atoms with Crippen molar-refractivity contribution in [3.8, 4) is 5.75 Å². The zero-order valence-electron chi connectivity index (χ0n) is 10.7. The molecule has 0 saturated carbocycles. The van der Waals surface area contributed by atoms with Gasteiger partial charge in [0.05, 0.1) is 10.2 Å². The summed E-state index contributed by atoms with van der Waals surface area (Å²) in [7, 11) is 0. The molecule has 19 heavy (non-hydrogen) atoms. The summed E-state index contributed by atoms with van der Waals surface area (Å²) in [5, 5.41) is 0. The average molecular weight is 381 g/mol. The lowest BCUT2D eigenvalue weighted by Gasteiger charge is -2.31. The molecule has 1 aliphatic rings. The molecule has 2 nitrogen and oxygen atoms in total. The van der Waals surface area contributed by atoms with Crippen molar-refractivity contribution >= 4 is 22.6 Å². The van der Waals surface area contributed by atoms with Crippen LogP contribution in [-0.2, 0) is 0 Å². The normalized spacial score (nSPS) is 19.3. The van der Waals surface area contributed by atoms with Gasteiger partial charge in [-0.3, -0.25) is 0 Å². The van der Waals surface area contributed by atoms with Crippen molar-refractivity contribution in [1.29, 1.82) is 0 Å². The van der Waals surface area contributed by atoms with Gasteiger partial charge in [-0.2, -0.15) is 0 Å². The van der Waals surface area contributed by atoms with Crippen LogP contribution in [0.2, 0.25) is 0 Å². The molecule has 0 atom stereocenters. The lowest BCUT2D eigenvalue weighted by molar-refractivity contribution is -0.0554. The number of rotatable bonds is 5. The highest BCUT2D eigenvalue weighted by molar-refractivity contribution is 14.1. The molecule has 0 aliphatic carbocycles. The second-order valence-corrected chi connectivity index (χ2v) is 5.99. The summed E-state index contributed by atoms with van der Waals surface area (Å²) in [5.41, 5.74) is 0. The Hall–Kier alpha value is -0.430. The minimum absolute atomic E-state index is 0.00948. The summed E-state index contributed by atoms with van der Waals surface area (Å²) >= 11 is 2.24.